The molecule has 0 saturated carbocycles. The van der Waals surface area contributed by atoms with Crippen LogP contribution in [0.25, 0.3) is 0 Å². The second kappa shape index (κ2) is 7.33. The van der Waals surface area contributed by atoms with E-state index in [4.69, 9.17) is 14.9 Å². The topological polar surface area (TPSA) is 95.9 Å². The first-order valence-corrected chi connectivity index (χ1v) is 8.41. The van der Waals surface area contributed by atoms with Gasteiger partial charge in [0.25, 0.3) is 0 Å². The molecule has 0 heterocycles. The third-order valence-corrected chi connectivity index (χ3v) is 3.10. The number of ether oxygens (including phenoxy) is 1. The quantitative estimate of drug-likeness (QED) is 0.532. The van der Waals surface area contributed by atoms with Crippen molar-refractivity contribution in [2.75, 3.05) is 13.2 Å². The predicted octanol–water partition coefficient (Wildman–Crippen LogP) is -0.255. The Morgan fingerprint density at radius 3 is 2.67 bits per heavy atom. The normalized spacial score (nSPS) is 11.7. The molecule has 7 heteroatoms. The van der Waals surface area contributed by atoms with Crippen LogP contribution in [-0.4, -0.2) is 38.9 Å². The van der Waals surface area contributed by atoms with Gasteiger partial charge in [0.2, 0.25) is 0 Å². The minimum atomic E-state index is -1.11. The number of aliphatic hydroxyl groups excluding tert-OH is 1. The molecule has 0 aliphatic heterocycles. The van der Waals surface area contributed by atoms with E-state index in [0.29, 0.717) is 0 Å². The molecule has 0 bridgehead atoms. The van der Waals surface area contributed by atoms with Crippen LogP contribution in [0.4, 0.5) is 0 Å². The van der Waals surface area contributed by atoms with Gasteiger partial charge < -0.3 is 0 Å². The molecule has 0 fully saturated rings. The Bertz CT molecular complexity index is 435. The average Bonchev–Trinajstić information content (AvgIpc) is 2.33. The van der Waals surface area contributed by atoms with Crippen molar-refractivity contribution in [3.63, 3.8) is 0 Å². The van der Waals surface area contributed by atoms with E-state index in [-0.39, 0.29) is 49.9 Å². The van der Waals surface area contributed by atoms with Crippen molar-refractivity contribution in [3.05, 3.63) is 29.8 Å². The Hall–Kier alpha value is -1.14. The Balaban J connectivity index is 2.74. The Morgan fingerprint density at radius 2 is 2.06 bits per heavy atom. The number of carboxylic acid groups (broad SMARTS) is 1. The van der Waals surface area contributed by atoms with Gasteiger partial charge in [0.05, 0.1) is 0 Å². The van der Waals surface area contributed by atoms with E-state index in [9.17, 15) is 9.59 Å². The number of hydrogen-bond acceptors (Lipinski definition) is 4. The predicted molar refractivity (Wildman–Crippen MR) is 57.9 cm³/mol. The van der Waals surface area contributed by atoms with Gasteiger partial charge in [-0.15, -0.1) is 0 Å². The van der Waals surface area contributed by atoms with Crippen LogP contribution in [0.1, 0.15) is 10.4 Å². The number of carbonyl (C=O) groups is 2. The summed E-state index contributed by atoms with van der Waals surface area (Å²) in [6.45, 7) is -0.300. The molecule has 1 rings (SSSR count). The van der Waals surface area contributed by atoms with Crippen molar-refractivity contribution in [1.82, 2.24) is 5.32 Å². The Morgan fingerprint density at radius 1 is 1.39 bits per heavy atom. The summed E-state index contributed by atoms with van der Waals surface area (Å²) < 4.78 is 4.56. The molecule has 18 heavy (non-hydrogen) atoms. The fourth-order valence-corrected chi connectivity index (χ4v) is 1.79. The van der Waals surface area contributed by atoms with Crippen LogP contribution in [0.2, 0.25) is 0 Å². The van der Waals surface area contributed by atoms with Gasteiger partial charge in [-0.2, -0.15) is 0 Å². The van der Waals surface area contributed by atoms with Gasteiger partial charge in [0.1, 0.15) is 0 Å². The van der Waals surface area contributed by atoms with E-state index in [0.717, 1.165) is 0 Å². The van der Waals surface area contributed by atoms with Crippen LogP contribution < -0.4 is 10.1 Å². The van der Waals surface area contributed by atoms with Crippen LogP contribution >= 0.6 is 0 Å². The number of nitrogens with one attached hydrogen (secondary N) is 1. The van der Waals surface area contributed by atoms with Gasteiger partial charge in [0, 0.05) is 0 Å². The number of aliphatic carboxylic acids is 1. The number of amides is 1. The first-order valence-electron chi connectivity index (χ1n) is 5.23. The van der Waals surface area contributed by atoms with Crippen molar-refractivity contribution >= 4 is 11.9 Å². The van der Waals surface area contributed by atoms with Gasteiger partial charge >= 0.3 is 120 Å². The van der Waals surface area contributed by atoms with E-state index in [2.05, 4.69) is 5.32 Å². The van der Waals surface area contributed by atoms with Crippen molar-refractivity contribution < 1.29 is 50.7 Å². The van der Waals surface area contributed by atoms with Crippen molar-refractivity contribution in [3.8, 4) is 5.75 Å². The summed E-state index contributed by atoms with van der Waals surface area (Å²) in [7, 11) is 0. The molecule has 1 amide bonds. The fourth-order valence-electron chi connectivity index (χ4n) is 1.23. The van der Waals surface area contributed by atoms with Gasteiger partial charge in [-0.3, -0.25) is 0 Å². The first-order chi connectivity index (χ1) is 8.50. The zero-order valence-corrected chi connectivity index (χ0v) is 15.1. The molecule has 0 spiro atoms. The van der Waals surface area contributed by atoms with Crippen molar-refractivity contribution in [1.29, 1.82) is 0 Å². The molecule has 6 nitrogen and oxygen atoms in total. The Labute approximate surface area is 120 Å². The standard InChI is InChI=1S/C11H12NO5.Hg/c13-6-5-12-11(16)8-3-1-2-4-9(8)17-7-10(14)15;/h1-4,6,13H,5,7H2,(H,12,16)(H,14,15);. The van der Waals surface area contributed by atoms with E-state index in [1.54, 1.807) is 12.1 Å². The number of para-hydroxylation sites is 1. The molecule has 1 atom stereocenters. The number of carboxylic acids is 1. The summed E-state index contributed by atoms with van der Waals surface area (Å²) in [4.78, 5) is 22.2. The third kappa shape index (κ3) is 5.01. The maximum absolute atomic E-state index is 11.8. The van der Waals surface area contributed by atoms with Crippen molar-refractivity contribution in [2.45, 2.75) is 3.61 Å². The van der Waals surface area contributed by atoms with Gasteiger partial charge in [0.15, 0.2) is 0 Å². The van der Waals surface area contributed by atoms with Crippen LogP contribution in [0.3, 0.4) is 0 Å². The zero-order valence-electron chi connectivity index (χ0n) is 9.63. The zero-order chi connectivity index (χ0) is 13.5. The molecule has 1 aromatic carbocycles. The number of rotatable bonds is 6. The molecular formula is C11H12HgNO5. The van der Waals surface area contributed by atoms with E-state index in [1.807, 2.05) is 0 Å². The summed E-state index contributed by atoms with van der Waals surface area (Å²) in [6, 6.07) is 6.37. The molecule has 93 valence electrons. The number of aliphatic hydroxyl groups is 1. The summed E-state index contributed by atoms with van der Waals surface area (Å²) in [5.41, 5.74) is 0.257. The fraction of sp³-hybridized carbons (Fsp3) is 0.273. The molecule has 0 radical (unpaired) electrons. The maximum atomic E-state index is 11.8. The number of hydrogen-bond donors (Lipinski definition) is 3. The summed E-state index contributed by atoms with van der Waals surface area (Å²) in [5.74, 6) is -1.28. The third-order valence-electron chi connectivity index (χ3n) is 1.98. The molecule has 0 aromatic heterocycles. The number of benzene rings is 1. The van der Waals surface area contributed by atoms with Crippen LogP contribution in [0.5, 0.6) is 5.75 Å². The SMILES string of the molecule is O=C(O)COc1ccccc1C(=O)NC[CH](O)[Hg]. The van der Waals surface area contributed by atoms with Crippen LogP contribution in [0, 0.1) is 0 Å². The Kier molecular flexibility index (Phi) is 6.07. The first kappa shape index (κ1) is 14.9. The van der Waals surface area contributed by atoms with Gasteiger partial charge in [-0.05, 0) is 0 Å². The average molecular weight is 439 g/mol. The van der Waals surface area contributed by atoms with Crippen LogP contribution in [0.15, 0.2) is 24.3 Å². The van der Waals surface area contributed by atoms with Gasteiger partial charge in [-0.25, -0.2) is 0 Å². The second-order valence-corrected chi connectivity index (χ2v) is 7.21. The van der Waals surface area contributed by atoms with Crippen LogP contribution in [-0.2, 0) is 30.9 Å². The van der Waals surface area contributed by atoms with Crippen molar-refractivity contribution in [2.24, 2.45) is 0 Å². The summed E-state index contributed by atoms with van der Waals surface area (Å²) >= 11 is 0.173. The van der Waals surface area contributed by atoms with E-state index in [1.165, 1.54) is 12.1 Å². The molecule has 3 N–H and O–H groups in total. The molecular weight excluding hydrogens is 427 g/mol. The van der Waals surface area contributed by atoms with E-state index >= 15 is 0 Å². The monoisotopic (exact) mass is 440 g/mol. The minimum absolute atomic E-state index is 0.173. The summed E-state index contributed by atoms with van der Waals surface area (Å²) in [5, 5.41) is 20.2. The molecule has 0 aliphatic rings. The van der Waals surface area contributed by atoms with E-state index < -0.39 is 16.2 Å². The second-order valence-electron chi connectivity index (χ2n) is 3.54. The van der Waals surface area contributed by atoms with Gasteiger partial charge in [-0.1, -0.05) is 0 Å². The molecule has 0 aliphatic carbocycles. The molecule has 1 unspecified atom stereocenters. The summed E-state index contributed by atoms with van der Waals surface area (Å²) in [6.07, 6.45) is 0. The molecule has 1 aromatic rings. The molecule has 0 saturated heterocycles. The number of carbonyl (C=O) groups excluding carboxylic acids is 1.